The molecule has 2 aromatic heterocycles. The van der Waals surface area contributed by atoms with Gasteiger partial charge < -0.3 is 5.32 Å². The molecule has 7 nitrogen and oxygen atoms in total. The van der Waals surface area contributed by atoms with Gasteiger partial charge in [-0.1, -0.05) is 121 Å². The van der Waals surface area contributed by atoms with Gasteiger partial charge in [0.15, 0.2) is 0 Å². The van der Waals surface area contributed by atoms with Gasteiger partial charge in [-0.2, -0.15) is 5.10 Å². The molecule has 7 rings (SSSR count). The van der Waals surface area contributed by atoms with Gasteiger partial charge in [0.05, 0.1) is 10.4 Å². The summed E-state index contributed by atoms with van der Waals surface area (Å²) >= 11 is 0. The molecule has 0 bridgehead atoms. The van der Waals surface area contributed by atoms with E-state index in [0.717, 1.165) is 44.6 Å². The molecule has 0 atom stereocenters. The zero-order valence-electron chi connectivity index (χ0n) is 26.0. The van der Waals surface area contributed by atoms with Crippen molar-refractivity contribution in [3.63, 3.8) is 0 Å². The maximum Gasteiger partial charge on any atom is 0.276 e. The standard InChI is InChI=1S/C40H33N5O2/c1-29-24-31(22-23-42-29)39-36-25-32(28-41-27-30-14-6-2-7-15-30)37(45(46)47)26-38(36)44(43-39)40(33-16-8-3-9-17-33,34-18-10-4-11-19-34)35-20-12-5-13-21-35/h2-26,41H,27-28H2,1H3. The zero-order chi connectivity index (χ0) is 32.2. The van der Waals surface area contributed by atoms with E-state index in [0.29, 0.717) is 24.2 Å². The summed E-state index contributed by atoms with van der Waals surface area (Å²) in [6.07, 6.45) is 1.78. The molecule has 0 aliphatic rings. The molecule has 2 heterocycles. The topological polar surface area (TPSA) is 85.9 Å². The van der Waals surface area contributed by atoms with E-state index in [4.69, 9.17) is 5.10 Å². The second kappa shape index (κ2) is 12.8. The third-order valence-corrected chi connectivity index (χ3v) is 8.63. The van der Waals surface area contributed by atoms with E-state index in [1.165, 1.54) is 0 Å². The minimum absolute atomic E-state index is 0.0414. The molecule has 0 aliphatic heterocycles. The number of hydrogen-bond donors (Lipinski definition) is 1. The number of rotatable bonds is 10. The molecule has 0 radical (unpaired) electrons. The normalized spacial score (nSPS) is 11.5. The third-order valence-electron chi connectivity index (χ3n) is 8.63. The number of nitrogens with one attached hydrogen (secondary N) is 1. The van der Waals surface area contributed by atoms with Crippen molar-refractivity contribution in [3.8, 4) is 11.3 Å². The first-order valence-corrected chi connectivity index (χ1v) is 15.6. The molecular weight excluding hydrogens is 582 g/mol. The summed E-state index contributed by atoms with van der Waals surface area (Å²) in [4.78, 5) is 16.9. The Morgan fingerprint density at radius 3 is 1.81 bits per heavy atom. The Kier molecular flexibility index (Phi) is 8.13. The molecule has 0 spiro atoms. The molecule has 7 aromatic rings. The van der Waals surface area contributed by atoms with Crippen molar-refractivity contribution in [2.45, 2.75) is 25.6 Å². The number of pyridine rings is 1. The van der Waals surface area contributed by atoms with Crippen LogP contribution in [0, 0.1) is 17.0 Å². The summed E-state index contributed by atoms with van der Waals surface area (Å²) in [6.45, 7) is 2.86. The minimum Gasteiger partial charge on any atom is -0.308 e. The molecule has 230 valence electrons. The van der Waals surface area contributed by atoms with E-state index in [-0.39, 0.29) is 10.6 Å². The highest BCUT2D eigenvalue weighted by atomic mass is 16.6. The summed E-state index contributed by atoms with van der Waals surface area (Å²) in [5.74, 6) is 0. The Labute approximate surface area is 273 Å². The van der Waals surface area contributed by atoms with Gasteiger partial charge >= 0.3 is 0 Å². The Hall–Kier alpha value is -5.92. The van der Waals surface area contributed by atoms with Crippen LogP contribution in [0.1, 0.15) is 33.5 Å². The fraction of sp³-hybridized carbons (Fsp3) is 0.100. The fourth-order valence-corrected chi connectivity index (χ4v) is 6.51. The second-order valence-electron chi connectivity index (χ2n) is 11.6. The highest BCUT2D eigenvalue weighted by molar-refractivity contribution is 5.96. The monoisotopic (exact) mass is 615 g/mol. The SMILES string of the molecule is Cc1cc(-c2nn(C(c3ccccc3)(c3ccccc3)c3ccccc3)c3cc([N+](=O)[O-])c(CNCc4ccccc4)cc23)ccn1. The van der Waals surface area contributed by atoms with Gasteiger partial charge in [0, 0.05) is 47.6 Å². The lowest BCUT2D eigenvalue weighted by Gasteiger charge is -2.37. The van der Waals surface area contributed by atoms with Crippen molar-refractivity contribution >= 4 is 16.6 Å². The molecule has 0 saturated heterocycles. The Morgan fingerprint density at radius 2 is 1.28 bits per heavy atom. The van der Waals surface area contributed by atoms with Gasteiger partial charge in [-0.05, 0) is 47.4 Å². The molecule has 5 aromatic carbocycles. The number of aromatic nitrogens is 3. The molecule has 0 saturated carbocycles. The lowest BCUT2D eigenvalue weighted by atomic mass is 9.77. The number of fused-ring (bicyclic) bond motifs is 1. The van der Waals surface area contributed by atoms with E-state index < -0.39 is 5.54 Å². The third kappa shape index (κ3) is 5.58. The number of nitrogens with zero attached hydrogens (tertiary/aromatic N) is 4. The van der Waals surface area contributed by atoms with Crippen LogP contribution in [0.4, 0.5) is 5.69 Å². The summed E-state index contributed by atoms with van der Waals surface area (Å²) < 4.78 is 1.99. The van der Waals surface area contributed by atoms with Gasteiger partial charge in [0.2, 0.25) is 0 Å². The van der Waals surface area contributed by atoms with Gasteiger partial charge in [-0.3, -0.25) is 15.1 Å². The average Bonchev–Trinajstić information content (AvgIpc) is 3.49. The lowest BCUT2D eigenvalue weighted by Crippen LogP contribution is -2.38. The van der Waals surface area contributed by atoms with E-state index in [2.05, 4.69) is 46.7 Å². The average molecular weight is 616 g/mol. The van der Waals surface area contributed by atoms with E-state index in [9.17, 15) is 10.1 Å². The van der Waals surface area contributed by atoms with E-state index in [1.807, 2.05) is 115 Å². The van der Waals surface area contributed by atoms with Crippen LogP contribution in [0.25, 0.3) is 22.2 Å². The molecule has 0 fully saturated rings. The first kappa shape index (κ1) is 29.8. The van der Waals surface area contributed by atoms with Gasteiger partial charge in [-0.25, -0.2) is 4.68 Å². The molecule has 0 unspecified atom stereocenters. The van der Waals surface area contributed by atoms with Crippen molar-refractivity contribution in [1.82, 2.24) is 20.1 Å². The van der Waals surface area contributed by atoms with Crippen LogP contribution >= 0.6 is 0 Å². The van der Waals surface area contributed by atoms with Crippen LogP contribution in [-0.4, -0.2) is 19.7 Å². The fourth-order valence-electron chi connectivity index (χ4n) is 6.51. The smallest absolute Gasteiger partial charge is 0.276 e. The van der Waals surface area contributed by atoms with Gasteiger partial charge in [-0.15, -0.1) is 0 Å². The van der Waals surface area contributed by atoms with E-state index >= 15 is 0 Å². The number of nitro groups is 1. The molecule has 0 amide bonds. The van der Waals surface area contributed by atoms with Crippen LogP contribution in [0.5, 0.6) is 0 Å². The van der Waals surface area contributed by atoms with Gasteiger partial charge in [0.1, 0.15) is 11.2 Å². The highest BCUT2D eigenvalue weighted by Gasteiger charge is 2.41. The van der Waals surface area contributed by atoms with Crippen molar-refractivity contribution in [2.75, 3.05) is 0 Å². The summed E-state index contributed by atoms with van der Waals surface area (Å²) in [6, 6.07) is 48.3. The first-order valence-electron chi connectivity index (χ1n) is 15.6. The van der Waals surface area contributed by atoms with Crippen molar-refractivity contribution in [1.29, 1.82) is 0 Å². The second-order valence-corrected chi connectivity index (χ2v) is 11.6. The van der Waals surface area contributed by atoms with Crippen LogP contribution in [0.3, 0.4) is 0 Å². The van der Waals surface area contributed by atoms with Crippen LogP contribution in [-0.2, 0) is 18.6 Å². The molecule has 47 heavy (non-hydrogen) atoms. The Bertz CT molecular complexity index is 2050. The summed E-state index contributed by atoms with van der Waals surface area (Å²) in [5.41, 5.74) is 6.87. The first-order chi connectivity index (χ1) is 23.1. The zero-order valence-corrected chi connectivity index (χ0v) is 26.0. The highest BCUT2D eigenvalue weighted by Crippen LogP contribution is 2.45. The number of aryl methyl sites for hydroxylation is 1. The number of nitro benzene ring substituents is 1. The van der Waals surface area contributed by atoms with Gasteiger partial charge in [0.25, 0.3) is 5.69 Å². The molecule has 1 N–H and O–H groups in total. The van der Waals surface area contributed by atoms with Crippen molar-refractivity contribution < 1.29 is 4.92 Å². The summed E-state index contributed by atoms with van der Waals surface area (Å²) in [7, 11) is 0. The van der Waals surface area contributed by atoms with E-state index in [1.54, 1.807) is 12.3 Å². The van der Waals surface area contributed by atoms with Crippen molar-refractivity contribution in [3.05, 3.63) is 195 Å². The summed E-state index contributed by atoms with van der Waals surface area (Å²) in [5, 5.41) is 22.4. The quantitative estimate of drug-likeness (QED) is 0.0948. The Morgan fingerprint density at radius 1 is 0.723 bits per heavy atom. The minimum atomic E-state index is -0.955. The molecule has 7 heteroatoms. The van der Waals surface area contributed by atoms with Crippen LogP contribution in [0.15, 0.2) is 152 Å². The maximum absolute atomic E-state index is 12.7. The largest absolute Gasteiger partial charge is 0.308 e. The maximum atomic E-state index is 12.7. The van der Waals surface area contributed by atoms with Crippen LogP contribution < -0.4 is 5.32 Å². The number of benzene rings is 5. The Balaban J connectivity index is 1.54. The molecular formula is C40H33N5O2. The van der Waals surface area contributed by atoms with Crippen molar-refractivity contribution in [2.24, 2.45) is 0 Å². The lowest BCUT2D eigenvalue weighted by molar-refractivity contribution is -0.385. The molecule has 0 aliphatic carbocycles. The van der Waals surface area contributed by atoms with Crippen LogP contribution in [0.2, 0.25) is 0 Å². The number of hydrogen-bond acceptors (Lipinski definition) is 5. The predicted octanol–water partition coefficient (Wildman–Crippen LogP) is 8.44. The predicted molar refractivity (Wildman–Crippen MR) is 186 cm³/mol.